The molecule has 1 saturated carbocycles. The lowest BCUT2D eigenvalue weighted by Gasteiger charge is -2.01. The van der Waals surface area contributed by atoms with E-state index in [0.29, 0.717) is 0 Å². The van der Waals surface area contributed by atoms with Crippen molar-refractivity contribution >= 4 is 0 Å². The van der Waals surface area contributed by atoms with Crippen LogP contribution in [0.25, 0.3) is 0 Å². The predicted molar refractivity (Wildman–Crippen MR) is 52.6 cm³/mol. The fourth-order valence-electron chi connectivity index (χ4n) is 1.91. The third-order valence-corrected chi connectivity index (χ3v) is 2.82. The molecule has 72 valence electrons. The molecule has 1 aliphatic rings. The van der Waals surface area contributed by atoms with Gasteiger partial charge in [0.2, 0.25) is 0 Å². The summed E-state index contributed by atoms with van der Waals surface area (Å²) in [4.78, 5) is 0. The van der Waals surface area contributed by atoms with E-state index in [-0.39, 0.29) is 0 Å². The van der Waals surface area contributed by atoms with Gasteiger partial charge in [0, 0.05) is 24.9 Å². The number of nitrogens with zero attached hydrogens (tertiary/aromatic N) is 2. The van der Waals surface area contributed by atoms with Crippen LogP contribution in [0, 0.1) is 5.92 Å². The van der Waals surface area contributed by atoms with Gasteiger partial charge in [-0.2, -0.15) is 5.10 Å². The molecule has 0 radical (unpaired) electrons. The van der Waals surface area contributed by atoms with Crippen LogP contribution in [0.5, 0.6) is 0 Å². The second kappa shape index (κ2) is 3.50. The molecule has 0 saturated heterocycles. The van der Waals surface area contributed by atoms with Crippen molar-refractivity contribution in [2.24, 2.45) is 13.0 Å². The highest BCUT2D eigenvalue weighted by molar-refractivity contribution is 5.17. The second-order valence-corrected chi connectivity index (χ2v) is 3.79. The lowest BCUT2D eigenvalue weighted by Crippen LogP contribution is -2.16. The largest absolute Gasteiger partial charge is 0.317 e. The molecule has 2 rings (SSSR count). The molecular weight excluding hydrogens is 162 g/mol. The Bertz CT molecular complexity index is 279. The molecule has 13 heavy (non-hydrogen) atoms. The summed E-state index contributed by atoms with van der Waals surface area (Å²) in [6.07, 6.45) is 3.21. The van der Waals surface area contributed by atoms with Crippen LogP contribution in [-0.2, 0) is 7.05 Å². The smallest absolute Gasteiger partial charge is 0.0492 e. The number of hydrogen-bond donors (Lipinski definition) is 1. The standard InChI is InChI=1S/C10H17N3/c1-3-11-7-8-6-9(8)10-4-5-12-13(10)2/h4-5,8-9,11H,3,6-7H2,1-2H3. The minimum atomic E-state index is 0.756. The van der Waals surface area contributed by atoms with Crippen molar-refractivity contribution in [2.75, 3.05) is 13.1 Å². The van der Waals surface area contributed by atoms with Crippen LogP contribution in [0.15, 0.2) is 12.3 Å². The quantitative estimate of drug-likeness (QED) is 0.751. The molecule has 1 N–H and O–H groups in total. The van der Waals surface area contributed by atoms with E-state index in [1.807, 2.05) is 17.9 Å². The van der Waals surface area contributed by atoms with Gasteiger partial charge in [-0.1, -0.05) is 6.92 Å². The summed E-state index contributed by atoms with van der Waals surface area (Å²) in [6, 6.07) is 2.14. The molecule has 0 amide bonds. The number of nitrogens with one attached hydrogen (secondary N) is 1. The third kappa shape index (κ3) is 1.75. The first-order valence-electron chi connectivity index (χ1n) is 5.01. The average Bonchev–Trinajstić information content (AvgIpc) is 2.77. The van der Waals surface area contributed by atoms with Crippen LogP contribution < -0.4 is 5.32 Å². The fourth-order valence-corrected chi connectivity index (χ4v) is 1.91. The van der Waals surface area contributed by atoms with E-state index >= 15 is 0 Å². The van der Waals surface area contributed by atoms with Crippen LogP contribution in [-0.4, -0.2) is 22.9 Å². The molecule has 2 atom stereocenters. The highest BCUT2D eigenvalue weighted by Crippen LogP contribution is 2.46. The van der Waals surface area contributed by atoms with Crippen LogP contribution in [0.4, 0.5) is 0 Å². The minimum Gasteiger partial charge on any atom is -0.317 e. The predicted octanol–water partition coefficient (Wildman–Crippen LogP) is 1.13. The van der Waals surface area contributed by atoms with Gasteiger partial charge in [0.25, 0.3) is 0 Å². The van der Waals surface area contributed by atoms with Gasteiger partial charge in [-0.3, -0.25) is 4.68 Å². The summed E-state index contributed by atoms with van der Waals surface area (Å²) in [5.74, 6) is 1.60. The molecule has 3 heteroatoms. The number of aromatic nitrogens is 2. The van der Waals surface area contributed by atoms with Gasteiger partial charge < -0.3 is 5.32 Å². The van der Waals surface area contributed by atoms with Crippen molar-refractivity contribution in [3.63, 3.8) is 0 Å². The summed E-state index contributed by atoms with van der Waals surface area (Å²) in [5.41, 5.74) is 1.39. The zero-order valence-corrected chi connectivity index (χ0v) is 8.33. The molecule has 0 spiro atoms. The Balaban J connectivity index is 1.89. The summed E-state index contributed by atoms with van der Waals surface area (Å²) < 4.78 is 2.00. The van der Waals surface area contributed by atoms with E-state index in [4.69, 9.17) is 0 Å². The Hall–Kier alpha value is -0.830. The summed E-state index contributed by atoms with van der Waals surface area (Å²) in [6.45, 7) is 4.39. The molecule has 1 aromatic rings. The van der Waals surface area contributed by atoms with E-state index in [0.717, 1.165) is 24.9 Å². The van der Waals surface area contributed by atoms with E-state index in [1.165, 1.54) is 12.1 Å². The van der Waals surface area contributed by atoms with E-state index in [9.17, 15) is 0 Å². The van der Waals surface area contributed by atoms with Gasteiger partial charge in [0.15, 0.2) is 0 Å². The summed E-state index contributed by atoms with van der Waals surface area (Å²) in [5, 5.41) is 7.58. The zero-order chi connectivity index (χ0) is 9.26. The first-order valence-corrected chi connectivity index (χ1v) is 5.01. The highest BCUT2D eigenvalue weighted by Gasteiger charge is 2.39. The molecule has 1 heterocycles. The minimum absolute atomic E-state index is 0.756. The Labute approximate surface area is 79.1 Å². The maximum atomic E-state index is 4.19. The van der Waals surface area contributed by atoms with E-state index < -0.39 is 0 Å². The lowest BCUT2D eigenvalue weighted by atomic mass is 10.2. The normalized spacial score (nSPS) is 26.3. The van der Waals surface area contributed by atoms with Crippen molar-refractivity contribution in [3.05, 3.63) is 18.0 Å². The van der Waals surface area contributed by atoms with Gasteiger partial charge in [-0.25, -0.2) is 0 Å². The van der Waals surface area contributed by atoms with Crippen LogP contribution in [0.1, 0.15) is 25.0 Å². The Kier molecular flexibility index (Phi) is 2.36. The van der Waals surface area contributed by atoms with E-state index in [1.54, 1.807) is 0 Å². The maximum Gasteiger partial charge on any atom is 0.0492 e. The topological polar surface area (TPSA) is 29.9 Å². The molecule has 3 nitrogen and oxygen atoms in total. The molecule has 0 aromatic carbocycles. The molecule has 1 fully saturated rings. The van der Waals surface area contributed by atoms with E-state index in [2.05, 4.69) is 23.4 Å². The number of hydrogen-bond acceptors (Lipinski definition) is 2. The number of rotatable bonds is 4. The fraction of sp³-hybridized carbons (Fsp3) is 0.700. The molecule has 2 unspecified atom stereocenters. The maximum absolute atomic E-state index is 4.19. The van der Waals surface area contributed by atoms with Crippen LogP contribution in [0.2, 0.25) is 0 Å². The monoisotopic (exact) mass is 179 g/mol. The first kappa shape index (κ1) is 8.75. The second-order valence-electron chi connectivity index (χ2n) is 3.79. The van der Waals surface area contributed by atoms with Crippen molar-refractivity contribution in [1.29, 1.82) is 0 Å². The lowest BCUT2D eigenvalue weighted by molar-refractivity contribution is 0.630. The van der Waals surface area contributed by atoms with Crippen molar-refractivity contribution in [1.82, 2.24) is 15.1 Å². The summed E-state index contributed by atoms with van der Waals surface area (Å²) >= 11 is 0. The van der Waals surface area contributed by atoms with Gasteiger partial charge in [0.1, 0.15) is 0 Å². The SMILES string of the molecule is CCNCC1CC1c1ccnn1C. The molecule has 1 aliphatic carbocycles. The van der Waals surface area contributed by atoms with Crippen molar-refractivity contribution in [3.8, 4) is 0 Å². The first-order chi connectivity index (χ1) is 6.33. The van der Waals surface area contributed by atoms with Gasteiger partial charge in [-0.15, -0.1) is 0 Å². The third-order valence-electron chi connectivity index (χ3n) is 2.82. The Morgan fingerprint density at radius 1 is 1.69 bits per heavy atom. The zero-order valence-electron chi connectivity index (χ0n) is 8.33. The Morgan fingerprint density at radius 2 is 2.54 bits per heavy atom. The molecule has 0 bridgehead atoms. The van der Waals surface area contributed by atoms with Crippen LogP contribution in [0.3, 0.4) is 0 Å². The van der Waals surface area contributed by atoms with Crippen molar-refractivity contribution < 1.29 is 0 Å². The highest BCUT2D eigenvalue weighted by atomic mass is 15.3. The molecular formula is C10H17N3. The summed E-state index contributed by atoms with van der Waals surface area (Å²) in [7, 11) is 2.03. The van der Waals surface area contributed by atoms with Crippen LogP contribution >= 0.6 is 0 Å². The number of aryl methyl sites for hydroxylation is 1. The Morgan fingerprint density at radius 3 is 3.15 bits per heavy atom. The molecule has 1 aromatic heterocycles. The average molecular weight is 179 g/mol. The van der Waals surface area contributed by atoms with Gasteiger partial charge in [-0.05, 0) is 31.5 Å². The van der Waals surface area contributed by atoms with Gasteiger partial charge in [0.05, 0.1) is 0 Å². The van der Waals surface area contributed by atoms with Crippen molar-refractivity contribution in [2.45, 2.75) is 19.3 Å². The molecule has 0 aliphatic heterocycles. The van der Waals surface area contributed by atoms with Gasteiger partial charge >= 0.3 is 0 Å².